The number of alkyl carbamates (subject to hydrolysis) is 1. The van der Waals surface area contributed by atoms with Crippen molar-refractivity contribution in [3.8, 4) is 0 Å². The minimum absolute atomic E-state index is 0.182. The fraction of sp³-hybridized carbons (Fsp3) is 0.524. The molecule has 2 atom stereocenters. The molecule has 0 radical (unpaired) electrons. The molecule has 1 amide bonds. The first kappa shape index (κ1) is 21.0. The van der Waals surface area contributed by atoms with Crippen molar-refractivity contribution < 1.29 is 23.8 Å². The van der Waals surface area contributed by atoms with Gasteiger partial charge in [0.15, 0.2) is 0 Å². The molecule has 0 aliphatic heterocycles. The Balaban J connectivity index is 1.93. The molecule has 0 saturated heterocycles. The fourth-order valence-corrected chi connectivity index (χ4v) is 2.88. The number of allylic oxidation sites excluding steroid dienone is 1. The summed E-state index contributed by atoms with van der Waals surface area (Å²) < 4.78 is 15.9. The maximum absolute atomic E-state index is 12.2. The lowest BCUT2D eigenvalue weighted by atomic mass is 10.1. The molecule has 6 nitrogen and oxygen atoms in total. The standard InChI is InChI=1S/C21H29NO5/c1-20(2,3)27-19(24)22-21(13-17(21)11-8-12-18(23)25-4)15-26-14-16-9-6-5-7-10-16/h5-10,12,17H,11,13-15H2,1-4H3,(H,22,24)/b12-8+/t17-,21+/m0/s1. The maximum Gasteiger partial charge on any atom is 0.408 e. The summed E-state index contributed by atoms with van der Waals surface area (Å²) in [6.45, 7) is 6.35. The van der Waals surface area contributed by atoms with Crippen molar-refractivity contribution in [3.63, 3.8) is 0 Å². The van der Waals surface area contributed by atoms with Gasteiger partial charge in [-0.3, -0.25) is 0 Å². The number of hydrogen-bond acceptors (Lipinski definition) is 5. The van der Waals surface area contributed by atoms with E-state index in [2.05, 4.69) is 10.1 Å². The number of carbonyl (C=O) groups excluding carboxylic acids is 2. The Hall–Kier alpha value is -2.34. The monoisotopic (exact) mass is 375 g/mol. The minimum Gasteiger partial charge on any atom is -0.466 e. The predicted octanol–water partition coefficient (Wildman–Crippen LogP) is 3.61. The van der Waals surface area contributed by atoms with Gasteiger partial charge in [0.1, 0.15) is 5.60 Å². The molecule has 2 rings (SSSR count). The van der Waals surface area contributed by atoms with Gasteiger partial charge < -0.3 is 19.5 Å². The van der Waals surface area contributed by atoms with Gasteiger partial charge in [-0.1, -0.05) is 36.4 Å². The Morgan fingerprint density at radius 1 is 1.26 bits per heavy atom. The normalized spacial score (nSPS) is 21.7. The van der Waals surface area contributed by atoms with E-state index in [1.165, 1.54) is 13.2 Å². The molecule has 0 unspecified atom stereocenters. The van der Waals surface area contributed by atoms with Crippen LogP contribution < -0.4 is 5.32 Å². The summed E-state index contributed by atoms with van der Waals surface area (Å²) in [5, 5.41) is 2.98. The highest BCUT2D eigenvalue weighted by Crippen LogP contribution is 2.46. The summed E-state index contributed by atoms with van der Waals surface area (Å²) in [5.41, 5.74) is 0.0378. The molecule has 1 aliphatic rings. The largest absolute Gasteiger partial charge is 0.466 e. The molecule has 1 saturated carbocycles. The molecule has 27 heavy (non-hydrogen) atoms. The van der Waals surface area contributed by atoms with Crippen LogP contribution in [0.4, 0.5) is 4.79 Å². The molecule has 1 fully saturated rings. The van der Waals surface area contributed by atoms with Crippen LogP contribution in [-0.2, 0) is 25.6 Å². The third-order valence-corrected chi connectivity index (χ3v) is 4.33. The zero-order valence-corrected chi connectivity index (χ0v) is 16.5. The van der Waals surface area contributed by atoms with Gasteiger partial charge in [-0.05, 0) is 45.1 Å². The van der Waals surface area contributed by atoms with E-state index in [4.69, 9.17) is 9.47 Å². The molecule has 1 aliphatic carbocycles. The van der Waals surface area contributed by atoms with Crippen molar-refractivity contribution in [3.05, 3.63) is 48.0 Å². The Morgan fingerprint density at radius 3 is 2.59 bits per heavy atom. The minimum atomic E-state index is -0.564. The fourth-order valence-electron chi connectivity index (χ4n) is 2.88. The van der Waals surface area contributed by atoms with Gasteiger partial charge in [-0.15, -0.1) is 0 Å². The van der Waals surface area contributed by atoms with Crippen molar-refractivity contribution in [2.45, 2.75) is 51.4 Å². The number of hydrogen-bond donors (Lipinski definition) is 1. The van der Waals surface area contributed by atoms with Crippen molar-refractivity contribution in [2.75, 3.05) is 13.7 Å². The third-order valence-electron chi connectivity index (χ3n) is 4.33. The van der Waals surface area contributed by atoms with Gasteiger partial charge in [-0.2, -0.15) is 0 Å². The van der Waals surface area contributed by atoms with E-state index in [0.717, 1.165) is 12.0 Å². The number of esters is 1. The summed E-state index contributed by atoms with van der Waals surface area (Å²) >= 11 is 0. The lowest BCUT2D eigenvalue weighted by Gasteiger charge is -2.24. The zero-order chi connectivity index (χ0) is 19.9. The van der Waals surface area contributed by atoms with E-state index >= 15 is 0 Å². The van der Waals surface area contributed by atoms with Crippen molar-refractivity contribution in [1.82, 2.24) is 5.32 Å². The highest BCUT2D eigenvalue weighted by atomic mass is 16.6. The van der Waals surface area contributed by atoms with Crippen molar-refractivity contribution in [2.24, 2.45) is 5.92 Å². The summed E-state index contributed by atoms with van der Waals surface area (Å²) in [5.74, 6) is -0.205. The smallest absolute Gasteiger partial charge is 0.408 e. The molecule has 0 heterocycles. The number of amides is 1. The molecule has 0 bridgehead atoms. The van der Waals surface area contributed by atoms with Crippen LogP contribution >= 0.6 is 0 Å². The number of benzene rings is 1. The van der Waals surface area contributed by atoms with Crippen LogP contribution in [0.5, 0.6) is 0 Å². The Morgan fingerprint density at radius 2 is 1.96 bits per heavy atom. The molecular formula is C21H29NO5. The first-order valence-corrected chi connectivity index (χ1v) is 9.11. The van der Waals surface area contributed by atoms with Crippen molar-refractivity contribution >= 4 is 12.1 Å². The second-order valence-corrected chi connectivity index (χ2v) is 7.82. The number of carbonyl (C=O) groups is 2. The van der Waals surface area contributed by atoms with Gasteiger partial charge >= 0.3 is 12.1 Å². The molecule has 6 heteroatoms. The Bertz CT molecular complexity index is 665. The molecular weight excluding hydrogens is 346 g/mol. The van der Waals surface area contributed by atoms with E-state index in [0.29, 0.717) is 19.6 Å². The average molecular weight is 375 g/mol. The predicted molar refractivity (Wildman–Crippen MR) is 102 cm³/mol. The average Bonchev–Trinajstić information content (AvgIpc) is 3.25. The van der Waals surface area contributed by atoms with Crippen LogP contribution in [0.25, 0.3) is 0 Å². The first-order valence-electron chi connectivity index (χ1n) is 9.11. The quantitative estimate of drug-likeness (QED) is 0.555. The SMILES string of the molecule is COC(=O)/C=C/C[C@H]1C[C@]1(COCc1ccccc1)NC(=O)OC(C)(C)C. The van der Waals surface area contributed by atoms with Gasteiger partial charge in [0, 0.05) is 6.08 Å². The molecule has 1 N–H and O–H groups in total. The third kappa shape index (κ3) is 7.06. The molecule has 0 spiro atoms. The van der Waals surface area contributed by atoms with Crippen LogP contribution in [0.3, 0.4) is 0 Å². The summed E-state index contributed by atoms with van der Waals surface area (Å²) in [7, 11) is 1.34. The van der Waals surface area contributed by atoms with E-state index in [1.54, 1.807) is 6.08 Å². The Labute approximate surface area is 160 Å². The van der Waals surface area contributed by atoms with E-state index in [9.17, 15) is 9.59 Å². The van der Waals surface area contributed by atoms with Crippen LogP contribution in [-0.4, -0.2) is 36.9 Å². The molecule has 1 aromatic carbocycles. The zero-order valence-electron chi connectivity index (χ0n) is 16.5. The maximum atomic E-state index is 12.2. The summed E-state index contributed by atoms with van der Waals surface area (Å²) in [6, 6.07) is 9.88. The van der Waals surface area contributed by atoms with E-state index < -0.39 is 17.2 Å². The summed E-state index contributed by atoms with van der Waals surface area (Å²) in [6.07, 6.45) is 4.14. The molecule has 148 valence electrons. The van der Waals surface area contributed by atoms with E-state index in [1.807, 2.05) is 51.1 Å². The van der Waals surface area contributed by atoms with Crippen LogP contribution in [0.1, 0.15) is 39.2 Å². The van der Waals surface area contributed by atoms with Crippen LogP contribution in [0, 0.1) is 5.92 Å². The van der Waals surface area contributed by atoms with E-state index in [-0.39, 0.29) is 11.9 Å². The molecule has 0 aromatic heterocycles. The number of methoxy groups -OCH3 is 1. The second kappa shape index (κ2) is 9.04. The van der Waals surface area contributed by atoms with Crippen LogP contribution in [0.2, 0.25) is 0 Å². The van der Waals surface area contributed by atoms with Crippen molar-refractivity contribution in [1.29, 1.82) is 0 Å². The highest BCUT2D eigenvalue weighted by molar-refractivity contribution is 5.81. The lowest BCUT2D eigenvalue weighted by Crippen LogP contribution is -2.44. The van der Waals surface area contributed by atoms with Gasteiger partial charge in [0.2, 0.25) is 0 Å². The Kier molecular flexibility index (Phi) is 7.02. The topological polar surface area (TPSA) is 73.9 Å². The van der Waals surface area contributed by atoms with Gasteiger partial charge in [0.05, 0.1) is 25.9 Å². The first-order chi connectivity index (χ1) is 12.7. The second-order valence-electron chi connectivity index (χ2n) is 7.82. The highest BCUT2D eigenvalue weighted by Gasteiger charge is 2.55. The summed E-state index contributed by atoms with van der Waals surface area (Å²) in [4.78, 5) is 23.5. The number of rotatable bonds is 8. The molecule has 1 aromatic rings. The van der Waals surface area contributed by atoms with Crippen LogP contribution in [0.15, 0.2) is 42.5 Å². The number of ether oxygens (including phenoxy) is 3. The lowest BCUT2D eigenvalue weighted by molar-refractivity contribution is -0.134. The number of nitrogens with one attached hydrogen (secondary N) is 1. The van der Waals surface area contributed by atoms with Gasteiger partial charge in [-0.25, -0.2) is 9.59 Å². The van der Waals surface area contributed by atoms with Gasteiger partial charge in [0.25, 0.3) is 0 Å².